The third-order valence-corrected chi connectivity index (χ3v) is 2.73. The van der Waals surface area contributed by atoms with Crippen molar-refractivity contribution in [1.29, 1.82) is 0 Å². The van der Waals surface area contributed by atoms with Crippen LogP contribution in [0.5, 0.6) is 0 Å². The monoisotopic (exact) mass is 352 g/mol. The van der Waals surface area contributed by atoms with E-state index in [1.807, 2.05) is 0 Å². The van der Waals surface area contributed by atoms with Crippen molar-refractivity contribution in [2.75, 3.05) is 79.3 Å². The Morgan fingerprint density at radius 1 is 0.625 bits per heavy atom. The fraction of sp³-hybridized carbons (Fsp3) is 0.938. The highest BCUT2D eigenvalue weighted by Gasteiger charge is 1.96. The van der Waals surface area contributed by atoms with Gasteiger partial charge in [0.15, 0.2) is 0 Å². The van der Waals surface area contributed by atoms with Gasteiger partial charge in [0.1, 0.15) is 6.61 Å². The first-order chi connectivity index (χ1) is 11.8. The minimum absolute atomic E-state index is 0.263. The van der Waals surface area contributed by atoms with Crippen LogP contribution in [-0.2, 0) is 33.2 Å². The molecule has 0 spiro atoms. The maximum absolute atomic E-state index is 10.2. The summed E-state index contributed by atoms with van der Waals surface area (Å²) in [4.78, 5) is 10.2. The summed E-state index contributed by atoms with van der Waals surface area (Å²) < 4.78 is 31.4. The average molecular weight is 352 g/mol. The van der Waals surface area contributed by atoms with Crippen molar-refractivity contribution in [2.45, 2.75) is 19.8 Å². The molecule has 0 radical (unpaired) electrons. The smallest absolute Gasteiger partial charge is 0.329 e. The molecule has 0 saturated heterocycles. The van der Waals surface area contributed by atoms with Gasteiger partial charge >= 0.3 is 5.97 Å². The van der Waals surface area contributed by atoms with Crippen molar-refractivity contribution in [2.24, 2.45) is 0 Å². The summed E-state index contributed by atoms with van der Waals surface area (Å²) in [5, 5.41) is 8.35. The van der Waals surface area contributed by atoms with Crippen LogP contribution in [0.3, 0.4) is 0 Å². The molecule has 0 unspecified atom stereocenters. The Kier molecular flexibility index (Phi) is 19.6. The molecule has 0 atom stereocenters. The van der Waals surface area contributed by atoms with Crippen LogP contribution in [0.2, 0.25) is 0 Å². The molecular weight excluding hydrogens is 320 g/mol. The van der Waals surface area contributed by atoms with Gasteiger partial charge in [-0.2, -0.15) is 0 Å². The lowest BCUT2D eigenvalue weighted by Crippen LogP contribution is -2.15. The summed E-state index contributed by atoms with van der Waals surface area (Å²) in [6.45, 7) is 7.48. The van der Waals surface area contributed by atoms with Gasteiger partial charge < -0.3 is 33.5 Å². The molecule has 0 aliphatic rings. The number of carboxylic acid groups (broad SMARTS) is 1. The number of unbranched alkanes of at least 4 members (excludes halogenated alkanes) is 1. The molecule has 0 aliphatic carbocycles. The molecule has 0 bridgehead atoms. The van der Waals surface area contributed by atoms with Gasteiger partial charge in [0.25, 0.3) is 0 Å². The van der Waals surface area contributed by atoms with E-state index in [1.54, 1.807) is 0 Å². The molecule has 144 valence electrons. The van der Waals surface area contributed by atoms with Crippen LogP contribution in [0.1, 0.15) is 19.8 Å². The maximum Gasteiger partial charge on any atom is 0.329 e. The van der Waals surface area contributed by atoms with Gasteiger partial charge in [-0.3, -0.25) is 0 Å². The van der Waals surface area contributed by atoms with E-state index in [4.69, 9.17) is 33.5 Å². The fourth-order valence-electron chi connectivity index (χ4n) is 1.51. The van der Waals surface area contributed by atoms with Crippen LogP contribution in [0.25, 0.3) is 0 Å². The number of hydrogen-bond donors (Lipinski definition) is 1. The number of ether oxygens (including phenoxy) is 6. The zero-order valence-electron chi connectivity index (χ0n) is 14.7. The highest BCUT2D eigenvalue weighted by atomic mass is 16.6. The normalized spacial score (nSPS) is 11.0. The second-order valence-electron chi connectivity index (χ2n) is 4.86. The SMILES string of the molecule is CCCCOCCOCCOCCOCCOCCOCC(=O)O. The largest absolute Gasteiger partial charge is 0.480 e. The minimum Gasteiger partial charge on any atom is -0.480 e. The zero-order valence-corrected chi connectivity index (χ0v) is 14.7. The van der Waals surface area contributed by atoms with E-state index in [0.29, 0.717) is 59.5 Å². The fourth-order valence-corrected chi connectivity index (χ4v) is 1.51. The Labute approximate surface area is 144 Å². The Hall–Kier alpha value is -0.770. The standard InChI is InChI=1S/C16H32O8/c1-2-3-4-19-5-6-20-7-8-21-9-10-22-11-12-23-13-14-24-15-16(17)18/h2-15H2,1H3,(H,17,18). The predicted octanol–water partition coefficient (Wildman–Crippen LogP) is 0.971. The van der Waals surface area contributed by atoms with Gasteiger partial charge in [0, 0.05) is 6.61 Å². The lowest BCUT2D eigenvalue weighted by Gasteiger charge is -2.08. The second-order valence-corrected chi connectivity index (χ2v) is 4.86. The van der Waals surface area contributed by atoms with Crippen molar-refractivity contribution in [3.8, 4) is 0 Å². The van der Waals surface area contributed by atoms with E-state index in [2.05, 4.69) is 6.92 Å². The first kappa shape index (κ1) is 23.2. The quantitative estimate of drug-likeness (QED) is 0.324. The van der Waals surface area contributed by atoms with Crippen LogP contribution in [0.15, 0.2) is 0 Å². The lowest BCUT2D eigenvalue weighted by molar-refractivity contribution is -0.142. The van der Waals surface area contributed by atoms with Gasteiger partial charge in [-0.15, -0.1) is 0 Å². The molecule has 0 aromatic rings. The van der Waals surface area contributed by atoms with Gasteiger partial charge in [-0.05, 0) is 6.42 Å². The van der Waals surface area contributed by atoms with E-state index in [9.17, 15) is 4.79 Å². The maximum atomic E-state index is 10.2. The van der Waals surface area contributed by atoms with E-state index >= 15 is 0 Å². The second kappa shape index (κ2) is 20.3. The summed E-state index contributed by atoms with van der Waals surface area (Å²) in [5.74, 6) is -0.982. The van der Waals surface area contributed by atoms with Gasteiger partial charge in [-0.25, -0.2) is 4.79 Å². The summed E-state index contributed by atoms with van der Waals surface area (Å²) in [5.41, 5.74) is 0. The first-order valence-electron chi connectivity index (χ1n) is 8.45. The van der Waals surface area contributed by atoms with Crippen molar-refractivity contribution < 1.29 is 38.3 Å². The highest BCUT2D eigenvalue weighted by molar-refractivity contribution is 5.67. The summed E-state index contributed by atoms with van der Waals surface area (Å²) in [6.07, 6.45) is 2.23. The third-order valence-electron chi connectivity index (χ3n) is 2.73. The van der Waals surface area contributed by atoms with E-state index in [1.165, 1.54) is 0 Å². The van der Waals surface area contributed by atoms with Crippen molar-refractivity contribution >= 4 is 5.97 Å². The Morgan fingerprint density at radius 2 is 0.958 bits per heavy atom. The van der Waals surface area contributed by atoms with Crippen LogP contribution in [0.4, 0.5) is 0 Å². The summed E-state index contributed by atoms with van der Waals surface area (Å²) in [7, 11) is 0. The number of carbonyl (C=O) groups is 1. The zero-order chi connectivity index (χ0) is 17.7. The Bertz CT molecular complexity index is 262. The molecule has 0 saturated carbocycles. The molecule has 0 rings (SSSR count). The molecule has 0 amide bonds. The Morgan fingerprint density at radius 3 is 1.29 bits per heavy atom. The summed E-state index contributed by atoms with van der Waals surface area (Å²) >= 11 is 0. The lowest BCUT2D eigenvalue weighted by atomic mass is 10.4. The molecule has 8 heteroatoms. The van der Waals surface area contributed by atoms with E-state index in [0.717, 1.165) is 19.4 Å². The summed E-state index contributed by atoms with van der Waals surface area (Å²) in [6, 6.07) is 0. The molecule has 0 aromatic carbocycles. The van der Waals surface area contributed by atoms with Crippen LogP contribution in [0, 0.1) is 0 Å². The van der Waals surface area contributed by atoms with Crippen LogP contribution < -0.4 is 0 Å². The third kappa shape index (κ3) is 21.2. The first-order valence-corrected chi connectivity index (χ1v) is 8.45. The molecular formula is C16H32O8. The average Bonchev–Trinajstić information content (AvgIpc) is 2.56. The molecule has 8 nitrogen and oxygen atoms in total. The van der Waals surface area contributed by atoms with Gasteiger partial charge in [0.05, 0.1) is 66.1 Å². The molecule has 0 aliphatic heterocycles. The number of hydrogen-bond acceptors (Lipinski definition) is 7. The molecule has 0 fully saturated rings. The van der Waals surface area contributed by atoms with Gasteiger partial charge in [-0.1, -0.05) is 13.3 Å². The van der Waals surface area contributed by atoms with Crippen molar-refractivity contribution in [1.82, 2.24) is 0 Å². The van der Waals surface area contributed by atoms with Crippen LogP contribution >= 0.6 is 0 Å². The molecule has 24 heavy (non-hydrogen) atoms. The Balaban J connectivity index is 2.97. The number of carboxylic acids is 1. The minimum atomic E-state index is -0.982. The molecule has 1 N–H and O–H groups in total. The predicted molar refractivity (Wildman–Crippen MR) is 87.5 cm³/mol. The highest BCUT2D eigenvalue weighted by Crippen LogP contribution is 1.88. The van der Waals surface area contributed by atoms with Crippen molar-refractivity contribution in [3.05, 3.63) is 0 Å². The molecule has 0 aromatic heterocycles. The van der Waals surface area contributed by atoms with Crippen LogP contribution in [-0.4, -0.2) is 90.4 Å². The number of rotatable bonds is 20. The van der Waals surface area contributed by atoms with E-state index in [-0.39, 0.29) is 13.2 Å². The van der Waals surface area contributed by atoms with Crippen molar-refractivity contribution in [3.63, 3.8) is 0 Å². The number of aliphatic carboxylic acids is 1. The van der Waals surface area contributed by atoms with Gasteiger partial charge in [0.2, 0.25) is 0 Å². The topological polar surface area (TPSA) is 92.7 Å². The molecule has 0 heterocycles. The van der Waals surface area contributed by atoms with E-state index < -0.39 is 5.97 Å².